The predicted molar refractivity (Wildman–Crippen MR) is 58.4 cm³/mol. The molecule has 0 saturated heterocycles. The third-order valence-electron chi connectivity index (χ3n) is 2.15. The Labute approximate surface area is 93.7 Å². The Hall–Kier alpha value is -1.62. The molecule has 0 atom stereocenters. The van der Waals surface area contributed by atoms with Gasteiger partial charge in [-0.3, -0.25) is 0 Å². The standard InChI is InChI=1S/C10H6BrN3O/c11-9-10-12-2-3-14(10)5-8(13-9)7-1-4-15-6-7/h1-6H. The lowest BCUT2D eigenvalue weighted by molar-refractivity contribution is 0.568. The zero-order valence-corrected chi connectivity index (χ0v) is 9.18. The summed E-state index contributed by atoms with van der Waals surface area (Å²) in [7, 11) is 0. The first kappa shape index (κ1) is 8.67. The molecule has 0 fully saturated rings. The van der Waals surface area contributed by atoms with Crippen LogP contribution in [-0.2, 0) is 0 Å². The van der Waals surface area contributed by atoms with Crippen molar-refractivity contribution in [3.8, 4) is 11.3 Å². The monoisotopic (exact) mass is 263 g/mol. The number of furan rings is 1. The minimum Gasteiger partial charge on any atom is -0.472 e. The minimum atomic E-state index is 0.728. The summed E-state index contributed by atoms with van der Waals surface area (Å²) in [5, 5.41) is 0. The molecular weight excluding hydrogens is 258 g/mol. The van der Waals surface area contributed by atoms with Crippen molar-refractivity contribution in [2.45, 2.75) is 0 Å². The molecule has 3 heterocycles. The van der Waals surface area contributed by atoms with Gasteiger partial charge in [0.15, 0.2) is 5.65 Å². The zero-order chi connectivity index (χ0) is 10.3. The van der Waals surface area contributed by atoms with Crippen molar-refractivity contribution in [2.24, 2.45) is 0 Å². The summed E-state index contributed by atoms with van der Waals surface area (Å²) in [4.78, 5) is 8.56. The second kappa shape index (κ2) is 3.20. The normalized spacial score (nSPS) is 11.0. The molecule has 0 aliphatic carbocycles. The van der Waals surface area contributed by atoms with Gasteiger partial charge in [-0.05, 0) is 22.0 Å². The highest BCUT2D eigenvalue weighted by atomic mass is 79.9. The summed E-state index contributed by atoms with van der Waals surface area (Å²) in [5.74, 6) is 0. The quantitative estimate of drug-likeness (QED) is 0.678. The Morgan fingerprint density at radius 1 is 1.40 bits per heavy atom. The zero-order valence-electron chi connectivity index (χ0n) is 7.59. The molecule has 15 heavy (non-hydrogen) atoms. The molecule has 0 unspecified atom stereocenters. The highest BCUT2D eigenvalue weighted by molar-refractivity contribution is 9.10. The number of hydrogen-bond acceptors (Lipinski definition) is 3. The number of imidazole rings is 1. The van der Waals surface area contributed by atoms with Gasteiger partial charge < -0.3 is 8.82 Å². The van der Waals surface area contributed by atoms with Crippen LogP contribution in [0, 0.1) is 0 Å². The van der Waals surface area contributed by atoms with Gasteiger partial charge in [0.05, 0.1) is 18.2 Å². The molecule has 74 valence electrons. The molecule has 0 aliphatic rings. The number of rotatable bonds is 1. The van der Waals surface area contributed by atoms with Gasteiger partial charge in [-0.15, -0.1) is 0 Å². The molecular formula is C10H6BrN3O. The van der Waals surface area contributed by atoms with E-state index >= 15 is 0 Å². The summed E-state index contributed by atoms with van der Waals surface area (Å²) in [6.07, 6.45) is 8.82. The van der Waals surface area contributed by atoms with Crippen LogP contribution in [0.5, 0.6) is 0 Å². The van der Waals surface area contributed by atoms with Crippen molar-refractivity contribution in [3.63, 3.8) is 0 Å². The first-order chi connectivity index (χ1) is 7.34. The maximum absolute atomic E-state index is 5.02. The average molecular weight is 264 g/mol. The average Bonchev–Trinajstić information content (AvgIpc) is 2.88. The minimum absolute atomic E-state index is 0.728. The van der Waals surface area contributed by atoms with E-state index in [1.165, 1.54) is 0 Å². The molecule has 0 saturated carbocycles. The summed E-state index contributed by atoms with van der Waals surface area (Å²) < 4.78 is 7.67. The maximum Gasteiger partial charge on any atom is 0.170 e. The maximum atomic E-state index is 5.02. The molecule has 4 nitrogen and oxygen atoms in total. The van der Waals surface area contributed by atoms with Crippen molar-refractivity contribution in [2.75, 3.05) is 0 Å². The van der Waals surface area contributed by atoms with Crippen LogP contribution in [0.2, 0.25) is 0 Å². The van der Waals surface area contributed by atoms with Gasteiger partial charge in [-0.2, -0.15) is 0 Å². The molecule has 3 rings (SSSR count). The van der Waals surface area contributed by atoms with Gasteiger partial charge in [0.25, 0.3) is 0 Å². The van der Waals surface area contributed by atoms with Crippen molar-refractivity contribution in [1.82, 2.24) is 14.4 Å². The Balaban J connectivity index is 2.29. The molecule has 0 amide bonds. The molecule has 0 N–H and O–H groups in total. The topological polar surface area (TPSA) is 43.3 Å². The molecule has 3 aromatic rings. The second-order valence-electron chi connectivity index (χ2n) is 3.09. The summed E-state index contributed by atoms with van der Waals surface area (Å²) in [5.41, 5.74) is 2.61. The van der Waals surface area contributed by atoms with Gasteiger partial charge in [-0.1, -0.05) is 0 Å². The molecule has 0 aromatic carbocycles. The lowest BCUT2D eigenvalue weighted by atomic mass is 10.2. The van der Waals surface area contributed by atoms with Crippen molar-refractivity contribution >= 4 is 21.6 Å². The molecule has 0 bridgehead atoms. The van der Waals surface area contributed by atoms with Crippen LogP contribution in [0.1, 0.15) is 0 Å². The summed E-state index contributed by atoms with van der Waals surface area (Å²) in [6.45, 7) is 0. The smallest absolute Gasteiger partial charge is 0.170 e. The number of fused-ring (bicyclic) bond motifs is 1. The van der Waals surface area contributed by atoms with Gasteiger partial charge in [-0.25, -0.2) is 9.97 Å². The van der Waals surface area contributed by atoms with Gasteiger partial charge in [0.2, 0.25) is 0 Å². The summed E-state index contributed by atoms with van der Waals surface area (Å²) >= 11 is 3.39. The third-order valence-corrected chi connectivity index (χ3v) is 2.68. The second-order valence-corrected chi connectivity index (χ2v) is 3.84. The predicted octanol–water partition coefficient (Wildman–Crippen LogP) is 2.75. The number of halogens is 1. The van der Waals surface area contributed by atoms with Gasteiger partial charge in [0.1, 0.15) is 4.60 Å². The van der Waals surface area contributed by atoms with Crippen LogP contribution in [0.4, 0.5) is 0 Å². The van der Waals surface area contributed by atoms with Crippen LogP contribution in [-0.4, -0.2) is 14.4 Å². The number of aromatic nitrogens is 3. The van der Waals surface area contributed by atoms with Crippen LogP contribution < -0.4 is 0 Å². The van der Waals surface area contributed by atoms with Crippen LogP contribution in [0.3, 0.4) is 0 Å². The van der Waals surface area contributed by atoms with E-state index in [0.717, 1.165) is 21.5 Å². The van der Waals surface area contributed by atoms with E-state index in [1.54, 1.807) is 18.7 Å². The Kier molecular flexibility index (Phi) is 1.85. The van der Waals surface area contributed by atoms with Crippen molar-refractivity contribution in [1.29, 1.82) is 0 Å². The molecule has 0 spiro atoms. The molecule has 5 heteroatoms. The lowest BCUT2D eigenvalue weighted by Crippen LogP contribution is -1.91. The SMILES string of the molecule is Brc1nc(-c2ccoc2)cn2ccnc12. The Morgan fingerprint density at radius 2 is 2.33 bits per heavy atom. The van der Waals surface area contributed by atoms with E-state index in [-0.39, 0.29) is 0 Å². The lowest BCUT2D eigenvalue weighted by Gasteiger charge is -2.00. The van der Waals surface area contributed by atoms with E-state index in [4.69, 9.17) is 4.42 Å². The van der Waals surface area contributed by atoms with Gasteiger partial charge >= 0.3 is 0 Å². The van der Waals surface area contributed by atoms with Crippen molar-refractivity contribution < 1.29 is 4.42 Å². The van der Waals surface area contributed by atoms with E-state index < -0.39 is 0 Å². The molecule has 0 aliphatic heterocycles. The van der Waals surface area contributed by atoms with E-state index in [0.29, 0.717) is 0 Å². The van der Waals surface area contributed by atoms with Gasteiger partial charge in [0, 0.05) is 24.2 Å². The fourth-order valence-electron chi connectivity index (χ4n) is 1.44. The van der Waals surface area contributed by atoms with Crippen molar-refractivity contribution in [3.05, 3.63) is 41.8 Å². The van der Waals surface area contributed by atoms with Crippen LogP contribution >= 0.6 is 15.9 Å². The fourth-order valence-corrected chi connectivity index (χ4v) is 1.94. The van der Waals surface area contributed by atoms with E-state index in [9.17, 15) is 0 Å². The first-order valence-corrected chi connectivity index (χ1v) is 5.16. The Bertz CT molecular complexity index is 600. The highest BCUT2D eigenvalue weighted by Gasteiger charge is 2.06. The van der Waals surface area contributed by atoms with Crippen LogP contribution in [0.15, 0.2) is 46.2 Å². The van der Waals surface area contributed by atoms with Crippen LogP contribution in [0.25, 0.3) is 16.9 Å². The van der Waals surface area contributed by atoms with E-state index in [1.807, 2.05) is 22.9 Å². The van der Waals surface area contributed by atoms with E-state index in [2.05, 4.69) is 25.9 Å². The fraction of sp³-hybridized carbons (Fsp3) is 0. The largest absolute Gasteiger partial charge is 0.472 e. The number of hydrogen-bond donors (Lipinski definition) is 0. The number of nitrogens with zero attached hydrogens (tertiary/aromatic N) is 3. The summed E-state index contributed by atoms with van der Waals surface area (Å²) in [6, 6.07) is 1.87. The third kappa shape index (κ3) is 1.35. The first-order valence-electron chi connectivity index (χ1n) is 4.36. The molecule has 0 radical (unpaired) electrons. The molecule has 3 aromatic heterocycles. The Morgan fingerprint density at radius 3 is 3.13 bits per heavy atom. The highest BCUT2D eigenvalue weighted by Crippen LogP contribution is 2.22.